The summed E-state index contributed by atoms with van der Waals surface area (Å²) in [6.45, 7) is 16.0. The molecule has 0 saturated carbocycles. The van der Waals surface area contributed by atoms with Crippen molar-refractivity contribution in [1.29, 1.82) is 0 Å². The molecule has 1 nitrogen and oxygen atoms in total. The third-order valence-electron chi connectivity index (χ3n) is 7.51. The van der Waals surface area contributed by atoms with Crippen LogP contribution in [0.3, 0.4) is 0 Å². The molecular formula is C35H35NS2. The summed E-state index contributed by atoms with van der Waals surface area (Å²) in [6, 6.07) is 25.0. The van der Waals surface area contributed by atoms with Crippen molar-refractivity contribution in [3.8, 4) is 22.4 Å². The van der Waals surface area contributed by atoms with Crippen molar-refractivity contribution in [3.05, 3.63) is 87.6 Å². The van der Waals surface area contributed by atoms with Gasteiger partial charge < -0.3 is 0 Å². The second kappa shape index (κ2) is 9.32. The van der Waals surface area contributed by atoms with E-state index in [1.165, 1.54) is 63.1 Å². The van der Waals surface area contributed by atoms with Gasteiger partial charge in [-0.15, -0.1) is 22.7 Å². The first-order chi connectivity index (χ1) is 18.1. The molecule has 0 aliphatic heterocycles. The Labute approximate surface area is 234 Å². The molecule has 0 atom stereocenters. The van der Waals surface area contributed by atoms with Gasteiger partial charge in [-0.25, -0.2) is 4.98 Å². The summed E-state index contributed by atoms with van der Waals surface area (Å²) in [4.78, 5) is 8.03. The predicted octanol–water partition coefficient (Wildman–Crippen LogP) is 11.1. The quantitative estimate of drug-likeness (QED) is 0.220. The highest BCUT2D eigenvalue weighted by atomic mass is 32.1. The van der Waals surface area contributed by atoms with Crippen LogP contribution >= 0.6 is 22.7 Å². The number of fused-ring (bicyclic) bond motifs is 3. The van der Waals surface area contributed by atoms with Crippen LogP contribution in [0.5, 0.6) is 0 Å². The number of pyridine rings is 1. The van der Waals surface area contributed by atoms with Gasteiger partial charge in [-0.1, -0.05) is 71.0 Å². The zero-order valence-corrected chi connectivity index (χ0v) is 25.0. The number of aromatic nitrogens is 1. The molecule has 0 aliphatic carbocycles. The summed E-state index contributed by atoms with van der Waals surface area (Å²) < 4.78 is 2.66. The van der Waals surface area contributed by atoms with Crippen molar-refractivity contribution >= 4 is 53.7 Å². The molecule has 0 saturated heterocycles. The summed E-state index contributed by atoms with van der Waals surface area (Å²) in [7, 11) is 0. The van der Waals surface area contributed by atoms with Gasteiger partial charge in [-0.3, -0.25) is 0 Å². The number of hydrogen-bond acceptors (Lipinski definition) is 3. The molecule has 3 heteroatoms. The van der Waals surface area contributed by atoms with E-state index in [4.69, 9.17) is 4.98 Å². The van der Waals surface area contributed by atoms with Gasteiger partial charge in [0.25, 0.3) is 0 Å². The molecule has 0 radical (unpaired) electrons. The summed E-state index contributed by atoms with van der Waals surface area (Å²) in [6.07, 6.45) is 1.15. The van der Waals surface area contributed by atoms with Gasteiger partial charge in [0, 0.05) is 25.6 Å². The van der Waals surface area contributed by atoms with Crippen LogP contribution in [0.2, 0.25) is 0 Å². The molecule has 0 amide bonds. The second-order valence-corrected chi connectivity index (χ2v) is 14.5. The molecule has 0 spiro atoms. The maximum Gasteiger partial charge on any atom is 0.0826 e. The Bertz CT molecular complexity index is 1820. The number of aryl methyl sites for hydroxylation is 2. The fourth-order valence-electron chi connectivity index (χ4n) is 5.59. The van der Waals surface area contributed by atoms with Gasteiger partial charge >= 0.3 is 0 Å². The lowest BCUT2D eigenvalue weighted by molar-refractivity contribution is 0.596. The Hall–Kier alpha value is -3.01. The number of benzene rings is 3. The molecule has 38 heavy (non-hydrogen) atoms. The Morgan fingerprint density at radius 1 is 0.816 bits per heavy atom. The second-order valence-electron chi connectivity index (χ2n) is 12.1. The smallest absolute Gasteiger partial charge is 0.0826 e. The number of nitrogens with zero attached hydrogens (tertiary/aromatic N) is 1. The van der Waals surface area contributed by atoms with Crippen molar-refractivity contribution in [1.82, 2.24) is 4.98 Å². The molecule has 6 rings (SSSR count). The average Bonchev–Trinajstić information content (AvgIpc) is 3.39. The topological polar surface area (TPSA) is 12.9 Å². The molecule has 3 aromatic heterocycles. The van der Waals surface area contributed by atoms with E-state index < -0.39 is 0 Å². The maximum absolute atomic E-state index is 5.21. The molecule has 0 bridgehead atoms. The van der Waals surface area contributed by atoms with E-state index in [1.807, 2.05) is 22.7 Å². The van der Waals surface area contributed by atoms with Crippen molar-refractivity contribution in [2.45, 2.75) is 60.3 Å². The molecule has 0 N–H and O–H groups in total. The van der Waals surface area contributed by atoms with Crippen LogP contribution in [0.25, 0.3) is 53.5 Å². The number of rotatable bonds is 4. The van der Waals surface area contributed by atoms with Crippen LogP contribution in [0, 0.1) is 19.8 Å². The van der Waals surface area contributed by atoms with Gasteiger partial charge in [-0.05, 0) is 94.8 Å². The fraction of sp³-hybridized carbons (Fsp3) is 0.286. The molecule has 0 aliphatic rings. The van der Waals surface area contributed by atoms with E-state index in [9.17, 15) is 0 Å². The molecule has 3 heterocycles. The normalized spacial score (nSPS) is 12.4. The largest absolute Gasteiger partial charge is 0.247 e. The molecule has 6 aromatic rings. The average molecular weight is 534 g/mol. The van der Waals surface area contributed by atoms with Crippen LogP contribution in [0.15, 0.2) is 66.7 Å². The fourth-order valence-corrected chi connectivity index (χ4v) is 8.04. The summed E-state index contributed by atoms with van der Waals surface area (Å²) >= 11 is 3.82. The van der Waals surface area contributed by atoms with Crippen LogP contribution in [0.1, 0.15) is 55.5 Å². The van der Waals surface area contributed by atoms with E-state index >= 15 is 0 Å². The van der Waals surface area contributed by atoms with Crippen LogP contribution in [0.4, 0.5) is 0 Å². The summed E-state index contributed by atoms with van der Waals surface area (Å²) in [5, 5.41) is 3.99. The van der Waals surface area contributed by atoms with E-state index in [-0.39, 0.29) is 5.41 Å². The summed E-state index contributed by atoms with van der Waals surface area (Å²) in [5.74, 6) is 0.664. The Kier molecular flexibility index (Phi) is 6.20. The van der Waals surface area contributed by atoms with Crippen molar-refractivity contribution < 1.29 is 0 Å². The molecule has 0 unspecified atom stereocenters. The van der Waals surface area contributed by atoms with Crippen molar-refractivity contribution in [2.75, 3.05) is 0 Å². The highest BCUT2D eigenvalue weighted by Crippen LogP contribution is 2.41. The zero-order chi connectivity index (χ0) is 26.8. The van der Waals surface area contributed by atoms with Gasteiger partial charge in [0.1, 0.15) is 0 Å². The maximum atomic E-state index is 5.21. The predicted molar refractivity (Wildman–Crippen MR) is 170 cm³/mol. The van der Waals surface area contributed by atoms with Crippen LogP contribution in [-0.2, 0) is 11.8 Å². The monoisotopic (exact) mass is 533 g/mol. The van der Waals surface area contributed by atoms with E-state index in [2.05, 4.69) is 115 Å². The number of hydrogen-bond donors (Lipinski definition) is 0. The van der Waals surface area contributed by atoms with Gasteiger partial charge in [0.15, 0.2) is 0 Å². The lowest BCUT2D eigenvalue weighted by Crippen LogP contribution is -2.12. The van der Waals surface area contributed by atoms with Crippen LogP contribution in [-0.4, -0.2) is 4.98 Å². The Morgan fingerprint density at radius 2 is 1.61 bits per heavy atom. The van der Waals surface area contributed by atoms with Crippen molar-refractivity contribution in [2.24, 2.45) is 5.92 Å². The Morgan fingerprint density at radius 3 is 2.37 bits per heavy atom. The molecule has 0 fully saturated rings. The third-order valence-corrected chi connectivity index (χ3v) is 9.86. The van der Waals surface area contributed by atoms with E-state index in [1.54, 1.807) is 0 Å². The highest BCUT2D eigenvalue weighted by molar-refractivity contribution is 7.20. The van der Waals surface area contributed by atoms with Gasteiger partial charge in [0.2, 0.25) is 0 Å². The molecular weight excluding hydrogens is 499 g/mol. The van der Waals surface area contributed by atoms with E-state index in [0.29, 0.717) is 5.92 Å². The highest BCUT2D eigenvalue weighted by Gasteiger charge is 2.20. The molecule has 3 aromatic carbocycles. The SMILES string of the molecule is Cc1cc2nc(-c3cc(C(C)(C)C)c4ccccc4c3)cc(-c3ccc4c(C)c(CC(C)C)sc4c3)c2s1. The summed E-state index contributed by atoms with van der Waals surface area (Å²) in [5.41, 5.74) is 8.74. The zero-order valence-electron chi connectivity index (χ0n) is 23.4. The number of thiophene rings is 2. The lowest BCUT2D eigenvalue weighted by atomic mass is 9.82. The van der Waals surface area contributed by atoms with Crippen LogP contribution < -0.4 is 0 Å². The first-order valence-corrected chi connectivity index (χ1v) is 15.2. The standard InChI is InChI=1S/C35H35NS2/c1-20(2)14-32-22(4)26-13-12-24(18-33(26)38-32)28-19-30(36-31-15-21(3)37-34(28)31)25-16-23-10-8-9-11-27(23)29(17-25)35(5,6)7/h8-13,15-20H,14H2,1-7H3. The van der Waals surface area contributed by atoms with Gasteiger partial charge in [-0.2, -0.15) is 0 Å². The third kappa shape index (κ3) is 4.46. The van der Waals surface area contributed by atoms with Gasteiger partial charge in [0.05, 0.1) is 15.9 Å². The van der Waals surface area contributed by atoms with Crippen molar-refractivity contribution in [3.63, 3.8) is 0 Å². The minimum Gasteiger partial charge on any atom is -0.247 e. The Balaban J connectivity index is 1.57. The molecule has 192 valence electrons. The lowest BCUT2D eigenvalue weighted by Gasteiger charge is -2.23. The van der Waals surface area contributed by atoms with E-state index in [0.717, 1.165) is 17.6 Å². The first kappa shape index (κ1) is 25.3. The minimum atomic E-state index is 0.0390. The minimum absolute atomic E-state index is 0.0390. The first-order valence-electron chi connectivity index (χ1n) is 13.6.